The van der Waals surface area contributed by atoms with Crippen LogP contribution < -0.4 is 0 Å². The monoisotopic (exact) mass is 344 g/mol. The van der Waals surface area contributed by atoms with E-state index in [1.165, 1.54) is 4.57 Å². The summed E-state index contributed by atoms with van der Waals surface area (Å²) in [6.45, 7) is 7.60. The molecule has 0 unspecified atom stereocenters. The normalized spacial score (nSPS) is 8.85. The zero-order chi connectivity index (χ0) is 15.7. The SMILES string of the molecule is CC.CC#CCn1c(Br)nc(C(=O)O)c1C(=O)OCC. The highest BCUT2D eigenvalue weighted by Gasteiger charge is 2.27. The first kappa shape index (κ1) is 18.2. The van der Waals surface area contributed by atoms with Crippen LogP contribution in [0.1, 0.15) is 48.7 Å². The molecule has 1 aromatic rings. The van der Waals surface area contributed by atoms with Crippen LogP contribution in [0, 0.1) is 11.8 Å². The number of carboxylic acids is 1. The van der Waals surface area contributed by atoms with Crippen LogP contribution in [0.25, 0.3) is 0 Å². The third-order valence-corrected chi connectivity index (χ3v) is 2.61. The molecule has 6 nitrogen and oxygen atoms in total. The summed E-state index contributed by atoms with van der Waals surface area (Å²) >= 11 is 3.10. The Morgan fingerprint density at radius 2 is 2.05 bits per heavy atom. The van der Waals surface area contributed by atoms with E-state index in [-0.39, 0.29) is 29.3 Å². The maximum Gasteiger partial charge on any atom is 0.357 e. The second-order valence-corrected chi connectivity index (χ2v) is 3.83. The number of rotatable bonds is 4. The van der Waals surface area contributed by atoms with Crippen molar-refractivity contribution in [2.75, 3.05) is 6.61 Å². The largest absolute Gasteiger partial charge is 0.476 e. The average Bonchev–Trinajstić information content (AvgIpc) is 2.76. The van der Waals surface area contributed by atoms with Crippen LogP contribution in [0.15, 0.2) is 4.73 Å². The number of halogens is 1. The van der Waals surface area contributed by atoms with Gasteiger partial charge in [0.1, 0.15) is 0 Å². The Bertz CT molecular complexity index is 541. The molecule has 1 aromatic heterocycles. The van der Waals surface area contributed by atoms with Crippen molar-refractivity contribution in [1.82, 2.24) is 9.55 Å². The number of ether oxygens (including phenoxy) is 1. The lowest BCUT2D eigenvalue weighted by Gasteiger charge is -2.05. The van der Waals surface area contributed by atoms with Gasteiger partial charge in [-0.3, -0.25) is 0 Å². The van der Waals surface area contributed by atoms with Crippen molar-refractivity contribution in [2.45, 2.75) is 34.2 Å². The van der Waals surface area contributed by atoms with Crippen LogP contribution in [-0.4, -0.2) is 33.2 Å². The second kappa shape index (κ2) is 9.15. The Balaban J connectivity index is 0.00000172. The second-order valence-electron chi connectivity index (χ2n) is 3.12. The summed E-state index contributed by atoms with van der Waals surface area (Å²) in [6.07, 6.45) is 0. The van der Waals surface area contributed by atoms with Crippen molar-refractivity contribution in [1.29, 1.82) is 0 Å². The molecule has 1 N–H and O–H groups in total. The van der Waals surface area contributed by atoms with Crippen molar-refractivity contribution in [3.8, 4) is 11.8 Å². The van der Waals surface area contributed by atoms with Gasteiger partial charge in [0.2, 0.25) is 0 Å². The van der Waals surface area contributed by atoms with Gasteiger partial charge in [-0.25, -0.2) is 14.6 Å². The molecule has 0 aliphatic rings. The van der Waals surface area contributed by atoms with Gasteiger partial charge in [0.05, 0.1) is 13.2 Å². The number of hydrogen-bond acceptors (Lipinski definition) is 4. The predicted octanol–water partition coefficient (Wildman–Crippen LogP) is 2.57. The molecule has 0 saturated heterocycles. The highest BCUT2D eigenvalue weighted by Crippen LogP contribution is 2.18. The topological polar surface area (TPSA) is 81.4 Å². The Morgan fingerprint density at radius 3 is 2.50 bits per heavy atom. The summed E-state index contributed by atoms with van der Waals surface area (Å²) in [5, 5.41) is 9.01. The van der Waals surface area contributed by atoms with Gasteiger partial charge in [0.15, 0.2) is 16.1 Å². The molecule has 0 radical (unpaired) electrons. The Labute approximate surface area is 126 Å². The van der Waals surface area contributed by atoms with Gasteiger partial charge >= 0.3 is 11.9 Å². The molecule has 1 rings (SSSR count). The molecular formula is C13H17BrN2O4. The lowest BCUT2D eigenvalue weighted by molar-refractivity contribution is 0.0502. The van der Waals surface area contributed by atoms with Gasteiger partial charge in [-0.05, 0) is 29.8 Å². The van der Waals surface area contributed by atoms with Crippen LogP contribution in [0.5, 0.6) is 0 Å². The number of carbonyl (C=O) groups excluding carboxylic acids is 1. The first-order chi connectivity index (χ1) is 9.52. The van der Waals surface area contributed by atoms with E-state index in [2.05, 4.69) is 32.8 Å². The van der Waals surface area contributed by atoms with Gasteiger partial charge in [0.25, 0.3) is 0 Å². The molecule has 0 fully saturated rings. The fourth-order valence-corrected chi connectivity index (χ4v) is 1.76. The molecule has 0 bridgehead atoms. The first-order valence-corrected chi connectivity index (χ1v) is 6.88. The van der Waals surface area contributed by atoms with Crippen LogP contribution in [0.2, 0.25) is 0 Å². The number of aromatic carboxylic acids is 1. The average molecular weight is 345 g/mol. The molecule has 0 saturated carbocycles. The van der Waals surface area contributed by atoms with Crippen molar-refractivity contribution in [3.63, 3.8) is 0 Å². The fraction of sp³-hybridized carbons (Fsp3) is 0.462. The molecule has 0 amide bonds. The van der Waals surface area contributed by atoms with E-state index in [9.17, 15) is 9.59 Å². The van der Waals surface area contributed by atoms with Crippen LogP contribution in [-0.2, 0) is 11.3 Å². The molecule has 7 heteroatoms. The number of carbonyl (C=O) groups is 2. The Morgan fingerprint density at radius 1 is 1.45 bits per heavy atom. The van der Waals surface area contributed by atoms with Crippen molar-refractivity contribution >= 4 is 27.9 Å². The maximum absolute atomic E-state index is 11.8. The Kier molecular flexibility index (Phi) is 8.32. The number of esters is 1. The van der Waals surface area contributed by atoms with Crippen LogP contribution in [0.4, 0.5) is 0 Å². The summed E-state index contributed by atoms with van der Waals surface area (Å²) in [6, 6.07) is 0. The zero-order valence-corrected chi connectivity index (χ0v) is 13.4. The number of carboxylic acid groups (broad SMARTS) is 1. The molecule has 1 heterocycles. The number of nitrogens with zero attached hydrogens (tertiary/aromatic N) is 2. The maximum atomic E-state index is 11.8. The number of aromatic nitrogens is 2. The third-order valence-electron chi connectivity index (χ3n) is 2.01. The minimum absolute atomic E-state index is 0.112. The molecule has 0 aliphatic heterocycles. The van der Waals surface area contributed by atoms with Crippen LogP contribution in [0.3, 0.4) is 0 Å². The fourth-order valence-electron chi connectivity index (χ4n) is 1.28. The first-order valence-electron chi connectivity index (χ1n) is 6.08. The van der Waals surface area contributed by atoms with E-state index < -0.39 is 11.9 Å². The predicted molar refractivity (Wildman–Crippen MR) is 77.6 cm³/mol. The van der Waals surface area contributed by atoms with Gasteiger partial charge in [-0.2, -0.15) is 0 Å². The third kappa shape index (κ3) is 4.38. The van der Waals surface area contributed by atoms with E-state index in [0.29, 0.717) is 0 Å². The van der Waals surface area contributed by atoms with Gasteiger partial charge in [-0.1, -0.05) is 19.8 Å². The van der Waals surface area contributed by atoms with E-state index in [4.69, 9.17) is 9.84 Å². The van der Waals surface area contributed by atoms with Crippen LogP contribution >= 0.6 is 15.9 Å². The summed E-state index contributed by atoms with van der Waals surface area (Å²) in [5.41, 5.74) is -0.461. The van der Waals surface area contributed by atoms with E-state index in [0.717, 1.165) is 0 Å². The minimum atomic E-state index is -1.29. The molecule has 110 valence electrons. The zero-order valence-electron chi connectivity index (χ0n) is 11.9. The van der Waals surface area contributed by atoms with Crippen molar-refractivity contribution in [2.24, 2.45) is 0 Å². The minimum Gasteiger partial charge on any atom is -0.476 e. The number of imidazole rings is 1. The van der Waals surface area contributed by atoms with Gasteiger partial charge < -0.3 is 14.4 Å². The summed E-state index contributed by atoms with van der Waals surface area (Å²) in [4.78, 5) is 26.6. The molecule has 20 heavy (non-hydrogen) atoms. The summed E-state index contributed by atoms with van der Waals surface area (Å²) in [7, 11) is 0. The molecular weight excluding hydrogens is 328 g/mol. The summed E-state index contributed by atoms with van der Waals surface area (Å²) < 4.78 is 6.41. The van der Waals surface area contributed by atoms with Crippen molar-refractivity contribution in [3.05, 3.63) is 16.1 Å². The number of hydrogen-bond donors (Lipinski definition) is 1. The lowest BCUT2D eigenvalue weighted by atomic mass is 10.3. The van der Waals surface area contributed by atoms with E-state index >= 15 is 0 Å². The highest BCUT2D eigenvalue weighted by atomic mass is 79.9. The lowest BCUT2D eigenvalue weighted by Crippen LogP contribution is -2.16. The van der Waals surface area contributed by atoms with Gasteiger partial charge in [-0.15, -0.1) is 5.92 Å². The Hall–Kier alpha value is -1.81. The summed E-state index contributed by atoms with van der Waals surface area (Å²) in [5.74, 6) is 3.38. The van der Waals surface area contributed by atoms with Crippen molar-refractivity contribution < 1.29 is 19.4 Å². The highest BCUT2D eigenvalue weighted by molar-refractivity contribution is 9.10. The quantitative estimate of drug-likeness (QED) is 0.670. The molecule has 0 atom stereocenters. The van der Waals surface area contributed by atoms with E-state index in [1.807, 2.05) is 13.8 Å². The standard InChI is InChI=1S/C11H11BrN2O4.C2H6/c1-3-5-6-14-8(10(17)18-4-2)7(9(15)16)13-11(14)12;1-2/h4,6H2,1-2H3,(H,15,16);1-2H3. The van der Waals surface area contributed by atoms with Gasteiger partial charge in [0, 0.05) is 0 Å². The smallest absolute Gasteiger partial charge is 0.357 e. The molecule has 0 spiro atoms. The van der Waals surface area contributed by atoms with E-state index in [1.54, 1.807) is 13.8 Å². The molecule has 0 aromatic carbocycles. The molecule has 0 aliphatic carbocycles.